The summed E-state index contributed by atoms with van der Waals surface area (Å²) in [5.74, 6) is 1.39. The van der Waals surface area contributed by atoms with E-state index in [9.17, 15) is 4.79 Å². The maximum absolute atomic E-state index is 12.9. The van der Waals surface area contributed by atoms with Gasteiger partial charge >= 0.3 is 0 Å². The van der Waals surface area contributed by atoms with Crippen molar-refractivity contribution in [2.45, 2.75) is 25.8 Å². The summed E-state index contributed by atoms with van der Waals surface area (Å²) in [6.45, 7) is 6.75. The van der Waals surface area contributed by atoms with E-state index in [0.717, 1.165) is 38.3 Å². The molecule has 0 aromatic heterocycles. The fraction of sp³-hybridized carbons (Fsp3) is 0.591. The molecule has 1 aliphatic rings. The number of carbonyl (C=O) groups excluding carboxylic acids is 1. The fourth-order valence-electron chi connectivity index (χ4n) is 3.61. The number of carbonyl (C=O) groups is 1. The summed E-state index contributed by atoms with van der Waals surface area (Å²) in [6, 6.07) is 6.11. The van der Waals surface area contributed by atoms with E-state index in [1.807, 2.05) is 43.3 Å². The largest absolute Gasteiger partial charge is 0.493 e. The molecule has 0 bridgehead atoms. The SMILES string of the molecule is CCN1CCC[C@H]1CN(CCN(C)C)C(=O)/C=C/c1ccc(OC)c(OC)c1. The molecular weight excluding hydrogens is 354 g/mol. The Balaban J connectivity index is 2.09. The van der Waals surface area contributed by atoms with Gasteiger partial charge in [0.1, 0.15) is 0 Å². The smallest absolute Gasteiger partial charge is 0.246 e. The van der Waals surface area contributed by atoms with E-state index in [1.54, 1.807) is 20.3 Å². The summed E-state index contributed by atoms with van der Waals surface area (Å²) in [6.07, 6.45) is 5.90. The quantitative estimate of drug-likeness (QED) is 0.576. The summed E-state index contributed by atoms with van der Waals surface area (Å²) in [4.78, 5) is 19.5. The number of hydrogen-bond donors (Lipinski definition) is 0. The van der Waals surface area contributed by atoms with E-state index in [4.69, 9.17) is 9.47 Å². The van der Waals surface area contributed by atoms with Crippen LogP contribution < -0.4 is 9.47 Å². The minimum Gasteiger partial charge on any atom is -0.493 e. The Morgan fingerprint density at radius 2 is 1.96 bits per heavy atom. The Bertz CT molecular complexity index is 660. The molecule has 1 aromatic rings. The molecule has 1 fully saturated rings. The summed E-state index contributed by atoms with van der Waals surface area (Å²) < 4.78 is 10.6. The van der Waals surface area contributed by atoms with Crippen LogP contribution in [0.15, 0.2) is 24.3 Å². The fourth-order valence-corrected chi connectivity index (χ4v) is 3.61. The average Bonchev–Trinajstić information content (AvgIpc) is 3.15. The Hall–Kier alpha value is -2.05. The van der Waals surface area contributed by atoms with E-state index in [-0.39, 0.29) is 5.91 Å². The lowest BCUT2D eigenvalue weighted by Gasteiger charge is -2.30. The molecule has 2 rings (SSSR count). The minimum atomic E-state index is 0.0552. The molecule has 0 saturated carbocycles. The molecule has 1 aromatic carbocycles. The van der Waals surface area contributed by atoms with E-state index < -0.39 is 0 Å². The van der Waals surface area contributed by atoms with E-state index >= 15 is 0 Å². The van der Waals surface area contributed by atoms with Gasteiger partial charge in [0, 0.05) is 31.8 Å². The van der Waals surface area contributed by atoms with Crippen LogP contribution in [0.25, 0.3) is 6.08 Å². The van der Waals surface area contributed by atoms with Gasteiger partial charge in [-0.25, -0.2) is 0 Å². The van der Waals surface area contributed by atoms with Crippen LogP contribution in [0.2, 0.25) is 0 Å². The highest BCUT2D eigenvalue weighted by Crippen LogP contribution is 2.28. The first kappa shape index (κ1) is 22.2. The number of likely N-dealkylation sites (tertiary alicyclic amines) is 1. The van der Waals surface area contributed by atoms with Crippen LogP contribution in [0.4, 0.5) is 0 Å². The molecule has 1 atom stereocenters. The maximum atomic E-state index is 12.9. The first-order valence-corrected chi connectivity index (χ1v) is 10.1. The molecule has 28 heavy (non-hydrogen) atoms. The topological polar surface area (TPSA) is 45.2 Å². The molecule has 0 radical (unpaired) electrons. The number of likely N-dealkylation sites (N-methyl/N-ethyl adjacent to an activating group) is 2. The molecule has 156 valence electrons. The normalized spacial score (nSPS) is 17.4. The third-order valence-corrected chi connectivity index (χ3v) is 5.29. The van der Waals surface area contributed by atoms with E-state index in [0.29, 0.717) is 17.5 Å². The van der Waals surface area contributed by atoms with Crippen molar-refractivity contribution < 1.29 is 14.3 Å². The van der Waals surface area contributed by atoms with Gasteiger partial charge in [0.15, 0.2) is 11.5 Å². The zero-order valence-electron chi connectivity index (χ0n) is 18.0. The lowest BCUT2D eigenvalue weighted by molar-refractivity contribution is -0.126. The second-order valence-electron chi connectivity index (χ2n) is 7.46. The highest BCUT2D eigenvalue weighted by atomic mass is 16.5. The van der Waals surface area contributed by atoms with Crippen molar-refractivity contribution in [3.63, 3.8) is 0 Å². The minimum absolute atomic E-state index is 0.0552. The molecule has 1 heterocycles. The van der Waals surface area contributed by atoms with Crippen molar-refractivity contribution in [3.8, 4) is 11.5 Å². The van der Waals surface area contributed by atoms with Gasteiger partial charge in [-0.05, 0) is 63.8 Å². The van der Waals surface area contributed by atoms with Crippen molar-refractivity contribution in [2.75, 3.05) is 61.0 Å². The molecule has 1 saturated heterocycles. The predicted octanol–water partition coefficient (Wildman–Crippen LogP) is 2.59. The van der Waals surface area contributed by atoms with E-state index in [1.165, 1.54) is 12.8 Å². The van der Waals surface area contributed by atoms with Crippen molar-refractivity contribution in [1.29, 1.82) is 0 Å². The monoisotopic (exact) mass is 389 g/mol. The van der Waals surface area contributed by atoms with Crippen LogP contribution in [0.5, 0.6) is 11.5 Å². The van der Waals surface area contributed by atoms with Gasteiger partial charge in [-0.2, -0.15) is 0 Å². The van der Waals surface area contributed by atoms with Crippen molar-refractivity contribution in [3.05, 3.63) is 29.8 Å². The predicted molar refractivity (Wildman–Crippen MR) is 114 cm³/mol. The van der Waals surface area contributed by atoms with Gasteiger partial charge in [-0.3, -0.25) is 9.69 Å². The highest BCUT2D eigenvalue weighted by molar-refractivity contribution is 5.92. The maximum Gasteiger partial charge on any atom is 0.246 e. The highest BCUT2D eigenvalue weighted by Gasteiger charge is 2.26. The molecule has 0 aliphatic carbocycles. The molecule has 0 spiro atoms. The van der Waals surface area contributed by atoms with Crippen molar-refractivity contribution in [1.82, 2.24) is 14.7 Å². The summed E-state index contributed by atoms with van der Waals surface area (Å²) in [5, 5.41) is 0. The van der Waals surface area contributed by atoms with Crippen LogP contribution in [-0.2, 0) is 4.79 Å². The number of nitrogens with zero attached hydrogens (tertiary/aromatic N) is 3. The molecule has 1 amide bonds. The first-order valence-electron chi connectivity index (χ1n) is 10.1. The Labute approximate surface area is 169 Å². The summed E-state index contributed by atoms with van der Waals surface area (Å²) in [7, 11) is 7.30. The zero-order chi connectivity index (χ0) is 20.5. The van der Waals surface area contributed by atoms with Crippen LogP contribution in [-0.4, -0.2) is 87.7 Å². The van der Waals surface area contributed by atoms with Crippen molar-refractivity contribution >= 4 is 12.0 Å². The average molecular weight is 390 g/mol. The van der Waals surface area contributed by atoms with Gasteiger partial charge in [-0.15, -0.1) is 0 Å². The Kier molecular flexibility index (Phi) is 8.80. The molecule has 6 heteroatoms. The number of ether oxygens (including phenoxy) is 2. The third kappa shape index (κ3) is 6.24. The molecule has 0 unspecified atom stereocenters. The van der Waals surface area contributed by atoms with Crippen LogP contribution in [0.3, 0.4) is 0 Å². The van der Waals surface area contributed by atoms with Crippen LogP contribution in [0, 0.1) is 0 Å². The standard InChI is InChI=1S/C22H35N3O3/c1-6-24-13-7-8-19(24)17-25(15-14-23(2)3)22(26)12-10-18-9-11-20(27-4)21(16-18)28-5/h9-12,16,19H,6-8,13-15,17H2,1-5H3/b12-10+/t19-/m0/s1. The van der Waals surface area contributed by atoms with Crippen LogP contribution in [0.1, 0.15) is 25.3 Å². The lowest BCUT2D eigenvalue weighted by atomic mass is 10.1. The lowest BCUT2D eigenvalue weighted by Crippen LogP contribution is -2.44. The third-order valence-electron chi connectivity index (χ3n) is 5.29. The van der Waals surface area contributed by atoms with Crippen molar-refractivity contribution in [2.24, 2.45) is 0 Å². The Morgan fingerprint density at radius 1 is 1.21 bits per heavy atom. The van der Waals surface area contributed by atoms with E-state index in [2.05, 4.69) is 16.7 Å². The zero-order valence-corrected chi connectivity index (χ0v) is 18.0. The number of hydrogen-bond acceptors (Lipinski definition) is 5. The second-order valence-corrected chi connectivity index (χ2v) is 7.46. The Morgan fingerprint density at radius 3 is 2.61 bits per heavy atom. The molecule has 0 N–H and O–H groups in total. The van der Waals surface area contributed by atoms with Gasteiger partial charge in [0.2, 0.25) is 5.91 Å². The van der Waals surface area contributed by atoms with Gasteiger partial charge in [0.25, 0.3) is 0 Å². The van der Waals surface area contributed by atoms with Crippen LogP contribution >= 0.6 is 0 Å². The number of benzene rings is 1. The summed E-state index contributed by atoms with van der Waals surface area (Å²) >= 11 is 0. The number of rotatable bonds is 10. The second kappa shape index (κ2) is 11.1. The molecular formula is C22H35N3O3. The number of amides is 1. The van der Waals surface area contributed by atoms with Gasteiger partial charge in [0.05, 0.1) is 14.2 Å². The molecule has 1 aliphatic heterocycles. The summed E-state index contributed by atoms with van der Waals surface area (Å²) in [5.41, 5.74) is 0.912. The molecule has 6 nitrogen and oxygen atoms in total. The number of methoxy groups -OCH3 is 2. The van der Waals surface area contributed by atoms with Gasteiger partial charge in [-0.1, -0.05) is 13.0 Å². The van der Waals surface area contributed by atoms with Gasteiger partial charge < -0.3 is 19.3 Å². The first-order chi connectivity index (χ1) is 13.5.